The first-order chi connectivity index (χ1) is 7.30. The van der Waals surface area contributed by atoms with E-state index in [9.17, 15) is 4.39 Å². The molecule has 2 nitrogen and oxygen atoms in total. The number of fused-ring (bicyclic) bond motifs is 2. The quantitative estimate of drug-likeness (QED) is 0.755. The van der Waals surface area contributed by atoms with Crippen LogP contribution in [-0.4, -0.2) is 13.1 Å². The van der Waals surface area contributed by atoms with Crippen LogP contribution in [0, 0.1) is 5.82 Å². The van der Waals surface area contributed by atoms with Crippen molar-refractivity contribution in [3.05, 3.63) is 35.1 Å². The van der Waals surface area contributed by atoms with Crippen molar-refractivity contribution in [2.75, 3.05) is 13.1 Å². The molecule has 0 unspecified atom stereocenters. The molecular formula is C12H15ClFNO. The lowest BCUT2D eigenvalue weighted by molar-refractivity contribution is -0.0590. The van der Waals surface area contributed by atoms with Crippen molar-refractivity contribution in [3.63, 3.8) is 0 Å². The Kier molecular flexibility index (Phi) is 3.19. The molecule has 1 spiro atoms. The van der Waals surface area contributed by atoms with Gasteiger partial charge in [0.1, 0.15) is 5.82 Å². The molecule has 88 valence electrons. The van der Waals surface area contributed by atoms with E-state index in [-0.39, 0.29) is 23.8 Å². The summed E-state index contributed by atoms with van der Waals surface area (Å²) >= 11 is 0. The summed E-state index contributed by atoms with van der Waals surface area (Å²) in [7, 11) is 0. The van der Waals surface area contributed by atoms with Crippen LogP contribution in [0.25, 0.3) is 0 Å². The lowest BCUT2D eigenvalue weighted by atomic mass is 9.84. The van der Waals surface area contributed by atoms with E-state index in [4.69, 9.17) is 4.74 Å². The lowest BCUT2D eigenvalue weighted by Crippen LogP contribution is -2.39. The predicted octanol–water partition coefficient (Wildman–Crippen LogP) is 2.36. The van der Waals surface area contributed by atoms with Crippen molar-refractivity contribution < 1.29 is 9.13 Å². The van der Waals surface area contributed by atoms with E-state index in [0.717, 1.165) is 37.1 Å². The van der Waals surface area contributed by atoms with E-state index in [2.05, 4.69) is 5.32 Å². The molecule has 0 aromatic heterocycles. The number of piperidine rings is 1. The smallest absolute Gasteiger partial charge is 0.123 e. The first-order valence-corrected chi connectivity index (χ1v) is 5.44. The summed E-state index contributed by atoms with van der Waals surface area (Å²) in [6.07, 6.45) is 1.90. The van der Waals surface area contributed by atoms with Crippen molar-refractivity contribution in [3.8, 4) is 0 Å². The summed E-state index contributed by atoms with van der Waals surface area (Å²) in [5.74, 6) is -0.155. The van der Waals surface area contributed by atoms with Gasteiger partial charge in [0.25, 0.3) is 0 Å². The van der Waals surface area contributed by atoms with E-state index in [1.54, 1.807) is 6.07 Å². The highest BCUT2D eigenvalue weighted by Gasteiger charge is 2.40. The third-order valence-corrected chi connectivity index (χ3v) is 3.48. The van der Waals surface area contributed by atoms with Crippen LogP contribution in [0.3, 0.4) is 0 Å². The van der Waals surface area contributed by atoms with Crippen molar-refractivity contribution in [1.29, 1.82) is 0 Å². The molecule has 0 amide bonds. The average molecular weight is 244 g/mol. The minimum absolute atomic E-state index is 0. The number of hydrogen-bond donors (Lipinski definition) is 1. The Labute approximate surface area is 101 Å². The van der Waals surface area contributed by atoms with Crippen LogP contribution in [0.1, 0.15) is 24.0 Å². The van der Waals surface area contributed by atoms with E-state index < -0.39 is 0 Å². The predicted molar refractivity (Wildman–Crippen MR) is 62.2 cm³/mol. The summed E-state index contributed by atoms with van der Waals surface area (Å²) in [4.78, 5) is 0. The van der Waals surface area contributed by atoms with Gasteiger partial charge in [-0.1, -0.05) is 6.07 Å². The fourth-order valence-electron chi connectivity index (χ4n) is 2.64. The number of nitrogens with one attached hydrogen (secondary N) is 1. The van der Waals surface area contributed by atoms with Gasteiger partial charge in [0, 0.05) is 0 Å². The Morgan fingerprint density at radius 3 is 2.75 bits per heavy atom. The second-order valence-corrected chi connectivity index (χ2v) is 4.33. The standard InChI is InChI=1S/C12H14FNO.ClH/c13-10-2-1-9-8-15-12(11(9)7-10)3-5-14-6-4-12;/h1-2,7,14H,3-6,8H2;1H. The molecule has 0 radical (unpaired) electrons. The lowest BCUT2D eigenvalue weighted by Gasteiger charge is -2.33. The van der Waals surface area contributed by atoms with Crippen LogP contribution in [0.2, 0.25) is 0 Å². The summed E-state index contributed by atoms with van der Waals surface area (Å²) in [6.45, 7) is 2.54. The van der Waals surface area contributed by atoms with Gasteiger partial charge in [-0.25, -0.2) is 4.39 Å². The van der Waals surface area contributed by atoms with Crippen LogP contribution >= 0.6 is 12.4 Å². The van der Waals surface area contributed by atoms with E-state index >= 15 is 0 Å². The number of halogens is 2. The monoisotopic (exact) mass is 243 g/mol. The molecule has 2 aliphatic rings. The SMILES string of the molecule is Cl.Fc1ccc2c(c1)C1(CCNCC1)OC2. The Morgan fingerprint density at radius 2 is 2.00 bits per heavy atom. The first kappa shape index (κ1) is 11.8. The molecule has 2 aliphatic heterocycles. The maximum Gasteiger partial charge on any atom is 0.123 e. The van der Waals surface area contributed by atoms with Crippen LogP contribution in [-0.2, 0) is 16.9 Å². The van der Waals surface area contributed by atoms with Crippen LogP contribution in [0.5, 0.6) is 0 Å². The molecule has 1 saturated heterocycles. The van der Waals surface area contributed by atoms with E-state index in [1.807, 2.05) is 6.07 Å². The Morgan fingerprint density at radius 1 is 1.25 bits per heavy atom. The second kappa shape index (κ2) is 4.32. The molecule has 2 heterocycles. The van der Waals surface area contributed by atoms with Gasteiger partial charge in [-0.3, -0.25) is 0 Å². The average Bonchev–Trinajstić information content (AvgIpc) is 2.59. The zero-order valence-corrected chi connectivity index (χ0v) is 9.78. The largest absolute Gasteiger partial charge is 0.365 e. The van der Waals surface area contributed by atoms with Crippen molar-refractivity contribution in [1.82, 2.24) is 5.32 Å². The molecule has 4 heteroatoms. The molecule has 1 N–H and O–H groups in total. The topological polar surface area (TPSA) is 21.3 Å². The van der Waals surface area contributed by atoms with Gasteiger partial charge >= 0.3 is 0 Å². The van der Waals surface area contributed by atoms with E-state index in [0.29, 0.717) is 6.61 Å². The van der Waals surface area contributed by atoms with Gasteiger partial charge in [0.05, 0.1) is 12.2 Å². The van der Waals surface area contributed by atoms with Gasteiger partial charge in [-0.2, -0.15) is 0 Å². The van der Waals surface area contributed by atoms with Crippen LogP contribution in [0.4, 0.5) is 4.39 Å². The molecule has 1 aromatic rings. The third kappa shape index (κ3) is 1.73. The minimum atomic E-state index is -0.206. The van der Waals surface area contributed by atoms with Crippen molar-refractivity contribution >= 4 is 12.4 Å². The van der Waals surface area contributed by atoms with Gasteiger partial charge in [0.15, 0.2) is 0 Å². The zero-order chi connectivity index (χ0) is 10.3. The van der Waals surface area contributed by atoms with E-state index in [1.165, 1.54) is 6.07 Å². The van der Waals surface area contributed by atoms with Gasteiger partial charge in [-0.05, 0) is 49.2 Å². The second-order valence-electron chi connectivity index (χ2n) is 4.33. The third-order valence-electron chi connectivity index (χ3n) is 3.48. The van der Waals surface area contributed by atoms with Gasteiger partial charge in [0.2, 0.25) is 0 Å². The van der Waals surface area contributed by atoms with Crippen molar-refractivity contribution in [2.45, 2.75) is 25.0 Å². The fourth-order valence-corrected chi connectivity index (χ4v) is 2.64. The highest BCUT2D eigenvalue weighted by atomic mass is 35.5. The number of benzene rings is 1. The number of hydrogen-bond acceptors (Lipinski definition) is 2. The molecule has 16 heavy (non-hydrogen) atoms. The molecule has 1 fully saturated rings. The summed E-state index contributed by atoms with van der Waals surface area (Å²) in [5, 5.41) is 3.31. The number of rotatable bonds is 0. The van der Waals surface area contributed by atoms with Crippen molar-refractivity contribution in [2.24, 2.45) is 0 Å². The summed E-state index contributed by atoms with van der Waals surface area (Å²) in [6, 6.07) is 5.01. The summed E-state index contributed by atoms with van der Waals surface area (Å²) < 4.78 is 19.1. The highest BCUT2D eigenvalue weighted by Crippen LogP contribution is 2.42. The van der Waals surface area contributed by atoms with Crippen LogP contribution in [0.15, 0.2) is 18.2 Å². The maximum atomic E-state index is 13.2. The Bertz CT molecular complexity index is 385. The molecule has 0 saturated carbocycles. The molecule has 1 aromatic carbocycles. The highest BCUT2D eigenvalue weighted by molar-refractivity contribution is 5.85. The normalized spacial score (nSPS) is 21.6. The fraction of sp³-hybridized carbons (Fsp3) is 0.500. The molecule has 0 aliphatic carbocycles. The molecular weight excluding hydrogens is 229 g/mol. The first-order valence-electron chi connectivity index (χ1n) is 5.44. The number of ether oxygens (including phenoxy) is 1. The zero-order valence-electron chi connectivity index (χ0n) is 8.96. The molecule has 3 rings (SSSR count). The Balaban J connectivity index is 0.000000963. The molecule has 0 atom stereocenters. The molecule has 0 bridgehead atoms. The van der Waals surface area contributed by atoms with Gasteiger partial charge < -0.3 is 10.1 Å². The summed E-state index contributed by atoms with van der Waals surface area (Å²) in [5.41, 5.74) is 2.02. The van der Waals surface area contributed by atoms with Gasteiger partial charge in [-0.15, -0.1) is 12.4 Å². The van der Waals surface area contributed by atoms with Crippen LogP contribution < -0.4 is 5.32 Å². The minimum Gasteiger partial charge on any atom is -0.365 e. The Hall–Kier alpha value is -0.640. The maximum absolute atomic E-state index is 13.2.